The number of rotatable bonds is 1. The summed E-state index contributed by atoms with van der Waals surface area (Å²) in [6.07, 6.45) is 1.80. The first-order valence-electron chi connectivity index (χ1n) is 5.88. The minimum atomic E-state index is -0.348. The third-order valence-corrected chi connectivity index (χ3v) is 3.48. The van der Waals surface area contributed by atoms with E-state index in [4.69, 9.17) is 7.85 Å². The second-order valence-electron chi connectivity index (χ2n) is 4.60. The van der Waals surface area contributed by atoms with Crippen LogP contribution in [0.1, 0.15) is 29.9 Å². The van der Waals surface area contributed by atoms with Gasteiger partial charge in [0.15, 0.2) is 5.81 Å². The Labute approximate surface area is 102 Å². The molecule has 4 heteroatoms. The largest absolute Gasteiger partial charge is 0.353 e. The predicted molar refractivity (Wildman–Crippen MR) is 65.8 cm³/mol. The Hall–Kier alpha value is -1.32. The van der Waals surface area contributed by atoms with Gasteiger partial charge in [-0.1, -0.05) is 6.07 Å². The molecule has 1 aliphatic rings. The molecule has 0 unspecified atom stereocenters. The smallest absolute Gasteiger partial charge is 0.200 e. The van der Waals surface area contributed by atoms with Gasteiger partial charge in [0.05, 0.1) is 0 Å². The number of hydrogen-bond donors (Lipinski definition) is 0. The number of piperidine rings is 1. The van der Waals surface area contributed by atoms with Crippen molar-refractivity contribution in [2.24, 2.45) is 0 Å². The zero-order valence-electron chi connectivity index (χ0n) is 9.95. The van der Waals surface area contributed by atoms with Crippen LogP contribution < -0.4 is 0 Å². The van der Waals surface area contributed by atoms with Gasteiger partial charge in [0.1, 0.15) is 5.82 Å². The van der Waals surface area contributed by atoms with Crippen molar-refractivity contribution in [3.8, 4) is 0 Å². The number of likely N-dealkylation sites (tertiary alicyclic amines) is 1. The van der Waals surface area contributed by atoms with E-state index in [1.165, 1.54) is 11.6 Å². The lowest BCUT2D eigenvalue weighted by Gasteiger charge is -2.32. The molecular formula is C13H15BFNO. The molecule has 0 N–H and O–H groups in total. The molecular weight excluding hydrogens is 216 g/mol. The van der Waals surface area contributed by atoms with E-state index in [2.05, 4.69) is 0 Å². The van der Waals surface area contributed by atoms with Crippen LogP contribution in [0.2, 0.25) is 0 Å². The maximum Gasteiger partial charge on any atom is 0.200 e. The van der Waals surface area contributed by atoms with Crippen LogP contribution in [0.3, 0.4) is 0 Å². The fourth-order valence-electron chi connectivity index (χ4n) is 2.51. The fourth-order valence-corrected chi connectivity index (χ4v) is 2.51. The van der Waals surface area contributed by atoms with Crippen LogP contribution >= 0.6 is 0 Å². The molecule has 2 radical (unpaired) electrons. The topological polar surface area (TPSA) is 20.3 Å². The molecule has 1 aromatic carbocycles. The molecule has 1 aliphatic heterocycles. The Bertz CT molecular complexity index is 427. The van der Waals surface area contributed by atoms with Crippen LogP contribution in [0.15, 0.2) is 18.2 Å². The molecule has 1 fully saturated rings. The zero-order chi connectivity index (χ0) is 12.4. The standard InChI is InChI=1S/C13H15BFNO/c1-9-8-11(15)2-3-12(9)10-4-6-16(7-5-10)13(14)17/h2-3,8,10H,4-7H2,1H3. The molecule has 1 heterocycles. The Balaban J connectivity index is 2.08. The summed E-state index contributed by atoms with van der Waals surface area (Å²) < 4.78 is 13.0. The van der Waals surface area contributed by atoms with Crippen LogP contribution in [-0.2, 0) is 0 Å². The minimum Gasteiger partial charge on any atom is -0.353 e. The summed E-state index contributed by atoms with van der Waals surface area (Å²) >= 11 is 0. The Morgan fingerprint density at radius 1 is 1.41 bits per heavy atom. The van der Waals surface area contributed by atoms with Crippen LogP contribution in [0.25, 0.3) is 0 Å². The van der Waals surface area contributed by atoms with Crippen LogP contribution in [0, 0.1) is 12.7 Å². The van der Waals surface area contributed by atoms with Gasteiger partial charge in [-0.05, 0) is 48.9 Å². The first-order chi connectivity index (χ1) is 8.08. The summed E-state index contributed by atoms with van der Waals surface area (Å²) in [6, 6.07) is 4.92. The van der Waals surface area contributed by atoms with E-state index in [0.717, 1.165) is 18.4 Å². The molecule has 0 saturated carbocycles. The third-order valence-electron chi connectivity index (χ3n) is 3.48. The molecule has 0 aliphatic carbocycles. The Kier molecular flexibility index (Phi) is 3.50. The normalized spacial score (nSPS) is 17.2. The van der Waals surface area contributed by atoms with Crippen molar-refractivity contribution >= 4 is 13.7 Å². The van der Waals surface area contributed by atoms with E-state index in [-0.39, 0.29) is 11.6 Å². The van der Waals surface area contributed by atoms with Gasteiger partial charge >= 0.3 is 0 Å². The van der Waals surface area contributed by atoms with E-state index in [1.54, 1.807) is 11.0 Å². The van der Waals surface area contributed by atoms with Crippen molar-refractivity contribution in [2.75, 3.05) is 13.1 Å². The highest BCUT2D eigenvalue weighted by molar-refractivity contribution is 6.56. The monoisotopic (exact) mass is 231 g/mol. The van der Waals surface area contributed by atoms with Crippen molar-refractivity contribution < 1.29 is 9.18 Å². The number of carbonyl (C=O) groups excluding carboxylic acids is 1. The third kappa shape index (κ3) is 2.68. The van der Waals surface area contributed by atoms with E-state index >= 15 is 0 Å². The number of carbonyl (C=O) groups is 1. The van der Waals surface area contributed by atoms with Crippen molar-refractivity contribution in [1.29, 1.82) is 0 Å². The number of benzene rings is 1. The molecule has 17 heavy (non-hydrogen) atoms. The molecule has 1 aromatic rings. The van der Waals surface area contributed by atoms with Gasteiger partial charge in [-0.15, -0.1) is 0 Å². The maximum absolute atomic E-state index is 13.0. The average molecular weight is 231 g/mol. The summed E-state index contributed by atoms with van der Waals surface area (Å²) in [6.45, 7) is 3.31. The number of halogens is 1. The first-order valence-corrected chi connectivity index (χ1v) is 5.88. The summed E-state index contributed by atoms with van der Waals surface area (Å²) in [5.74, 6) is -0.133. The van der Waals surface area contributed by atoms with Crippen LogP contribution in [0.5, 0.6) is 0 Å². The molecule has 1 amide bonds. The second-order valence-corrected chi connectivity index (χ2v) is 4.60. The molecule has 0 aromatic heterocycles. The first kappa shape index (κ1) is 12.2. The lowest BCUT2D eigenvalue weighted by atomic mass is 9.86. The van der Waals surface area contributed by atoms with E-state index in [0.29, 0.717) is 19.0 Å². The van der Waals surface area contributed by atoms with Crippen molar-refractivity contribution in [3.05, 3.63) is 35.1 Å². The highest BCUT2D eigenvalue weighted by Crippen LogP contribution is 2.30. The van der Waals surface area contributed by atoms with E-state index in [9.17, 15) is 9.18 Å². The molecule has 1 saturated heterocycles. The molecule has 88 valence electrons. The molecule has 0 atom stereocenters. The van der Waals surface area contributed by atoms with Crippen LogP contribution in [0.4, 0.5) is 9.18 Å². The highest BCUT2D eigenvalue weighted by Gasteiger charge is 2.22. The van der Waals surface area contributed by atoms with E-state index < -0.39 is 0 Å². The second kappa shape index (κ2) is 4.90. The summed E-state index contributed by atoms with van der Waals surface area (Å²) in [5.41, 5.74) is 2.18. The SMILES string of the molecule is [B]C(=O)N1CCC(c2ccc(F)cc2C)CC1. The zero-order valence-corrected chi connectivity index (χ0v) is 9.95. The van der Waals surface area contributed by atoms with Crippen LogP contribution in [-0.4, -0.2) is 31.6 Å². The molecule has 2 nitrogen and oxygen atoms in total. The van der Waals surface area contributed by atoms with Gasteiger partial charge in [-0.3, -0.25) is 4.79 Å². The summed E-state index contributed by atoms with van der Waals surface area (Å²) in [4.78, 5) is 12.7. The van der Waals surface area contributed by atoms with Gasteiger partial charge in [0, 0.05) is 13.1 Å². The van der Waals surface area contributed by atoms with Gasteiger partial charge in [-0.25, -0.2) is 4.39 Å². The fraction of sp³-hybridized carbons (Fsp3) is 0.462. The average Bonchev–Trinajstić information content (AvgIpc) is 2.29. The molecule has 0 bridgehead atoms. The Morgan fingerprint density at radius 2 is 2.06 bits per heavy atom. The van der Waals surface area contributed by atoms with Crippen molar-refractivity contribution in [3.63, 3.8) is 0 Å². The predicted octanol–water partition coefficient (Wildman–Crippen LogP) is 2.60. The molecule has 0 spiro atoms. The Morgan fingerprint density at radius 3 is 2.59 bits per heavy atom. The number of amides is 1. The van der Waals surface area contributed by atoms with Gasteiger partial charge in [-0.2, -0.15) is 0 Å². The summed E-state index contributed by atoms with van der Waals surface area (Å²) in [7, 11) is 5.24. The number of hydrogen-bond acceptors (Lipinski definition) is 1. The van der Waals surface area contributed by atoms with Crippen molar-refractivity contribution in [1.82, 2.24) is 4.90 Å². The van der Waals surface area contributed by atoms with Gasteiger partial charge in [0.2, 0.25) is 7.85 Å². The quantitative estimate of drug-likeness (QED) is 0.680. The minimum absolute atomic E-state index is 0.194. The molecule has 2 rings (SSSR count). The summed E-state index contributed by atoms with van der Waals surface area (Å²) in [5, 5.41) is 0. The van der Waals surface area contributed by atoms with E-state index in [1.807, 2.05) is 13.0 Å². The number of aryl methyl sites for hydroxylation is 1. The highest BCUT2D eigenvalue weighted by atomic mass is 19.1. The van der Waals surface area contributed by atoms with Crippen molar-refractivity contribution in [2.45, 2.75) is 25.7 Å². The maximum atomic E-state index is 13.0. The number of nitrogens with zero attached hydrogens (tertiary/aromatic N) is 1. The van der Waals surface area contributed by atoms with Gasteiger partial charge < -0.3 is 4.90 Å². The lowest BCUT2D eigenvalue weighted by Crippen LogP contribution is -2.37. The lowest BCUT2D eigenvalue weighted by molar-refractivity contribution is 0.204. The van der Waals surface area contributed by atoms with Gasteiger partial charge in [0.25, 0.3) is 0 Å².